The molecule has 104 valence electrons. The molecule has 1 N–H and O–H groups in total. The van der Waals surface area contributed by atoms with Crippen LogP contribution in [0.3, 0.4) is 0 Å². The van der Waals surface area contributed by atoms with Gasteiger partial charge in [-0.1, -0.05) is 6.92 Å². The first-order valence-electron chi connectivity index (χ1n) is 7.04. The maximum Gasteiger partial charge on any atom is 0.241 e. The van der Waals surface area contributed by atoms with Crippen molar-refractivity contribution in [1.29, 1.82) is 0 Å². The van der Waals surface area contributed by atoms with Crippen molar-refractivity contribution in [2.75, 3.05) is 31.6 Å². The van der Waals surface area contributed by atoms with E-state index < -0.39 is 0 Å². The van der Waals surface area contributed by atoms with E-state index in [0.717, 1.165) is 50.4 Å². The molecule has 0 spiro atoms. The van der Waals surface area contributed by atoms with E-state index in [-0.39, 0.29) is 5.91 Å². The fourth-order valence-corrected chi connectivity index (χ4v) is 2.14. The normalized spacial score (nSPS) is 14.5. The summed E-state index contributed by atoms with van der Waals surface area (Å²) in [5, 5.41) is 3.16. The summed E-state index contributed by atoms with van der Waals surface area (Å²) in [6.45, 7) is 5.00. The number of rotatable bonds is 6. The lowest BCUT2D eigenvalue weighted by molar-refractivity contribution is -0.128. The highest BCUT2D eigenvalue weighted by molar-refractivity contribution is 5.81. The predicted octanol–water partition coefficient (Wildman–Crippen LogP) is 2.51. The van der Waals surface area contributed by atoms with Crippen molar-refractivity contribution >= 4 is 11.6 Å². The van der Waals surface area contributed by atoms with Crippen molar-refractivity contribution < 1.29 is 9.53 Å². The molecule has 1 amide bonds. The van der Waals surface area contributed by atoms with Crippen LogP contribution >= 0.6 is 0 Å². The minimum Gasteiger partial charge on any atom is -0.494 e. The summed E-state index contributed by atoms with van der Waals surface area (Å²) < 4.78 is 5.51. The molecule has 2 rings (SSSR count). The fourth-order valence-electron chi connectivity index (χ4n) is 2.14. The third-order valence-electron chi connectivity index (χ3n) is 3.23. The minimum atomic E-state index is 0.184. The third kappa shape index (κ3) is 4.16. The second kappa shape index (κ2) is 7.02. The SMILES string of the molecule is CCCOc1ccc(NCC(=O)N2CCCC2)cc1. The Morgan fingerprint density at radius 2 is 1.95 bits per heavy atom. The Labute approximate surface area is 114 Å². The van der Waals surface area contributed by atoms with Crippen LogP contribution in [-0.2, 0) is 4.79 Å². The molecule has 1 aliphatic rings. The average molecular weight is 262 g/mol. The van der Waals surface area contributed by atoms with Crippen LogP contribution in [0.4, 0.5) is 5.69 Å². The van der Waals surface area contributed by atoms with Crippen molar-refractivity contribution in [3.8, 4) is 5.75 Å². The summed E-state index contributed by atoms with van der Waals surface area (Å²) in [6, 6.07) is 7.75. The van der Waals surface area contributed by atoms with Gasteiger partial charge in [0, 0.05) is 18.8 Å². The van der Waals surface area contributed by atoms with E-state index >= 15 is 0 Å². The molecule has 1 aromatic rings. The zero-order valence-corrected chi connectivity index (χ0v) is 11.5. The molecule has 1 aliphatic heterocycles. The van der Waals surface area contributed by atoms with E-state index in [4.69, 9.17) is 4.74 Å². The molecule has 0 bridgehead atoms. The molecule has 1 aromatic carbocycles. The molecule has 0 radical (unpaired) electrons. The molecule has 0 aliphatic carbocycles. The first-order valence-corrected chi connectivity index (χ1v) is 7.04. The van der Waals surface area contributed by atoms with Gasteiger partial charge in [-0.25, -0.2) is 0 Å². The highest BCUT2D eigenvalue weighted by Gasteiger charge is 2.16. The lowest BCUT2D eigenvalue weighted by atomic mass is 10.3. The molecule has 4 heteroatoms. The topological polar surface area (TPSA) is 41.6 Å². The molecular formula is C15H22N2O2. The number of hydrogen-bond acceptors (Lipinski definition) is 3. The highest BCUT2D eigenvalue weighted by atomic mass is 16.5. The van der Waals surface area contributed by atoms with E-state index in [2.05, 4.69) is 12.2 Å². The Bertz CT molecular complexity index is 397. The first kappa shape index (κ1) is 13.7. The number of hydrogen-bond donors (Lipinski definition) is 1. The van der Waals surface area contributed by atoms with E-state index in [1.54, 1.807) is 0 Å². The van der Waals surface area contributed by atoms with Gasteiger partial charge in [0.15, 0.2) is 0 Å². The van der Waals surface area contributed by atoms with Gasteiger partial charge in [0.1, 0.15) is 5.75 Å². The quantitative estimate of drug-likeness (QED) is 0.856. The number of ether oxygens (including phenoxy) is 1. The number of nitrogens with one attached hydrogen (secondary N) is 1. The standard InChI is InChI=1S/C15H22N2O2/c1-2-11-19-14-7-5-13(6-8-14)16-12-15(18)17-9-3-4-10-17/h5-8,16H,2-4,9-12H2,1H3. The second-order valence-electron chi connectivity index (χ2n) is 4.81. The van der Waals surface area contributed by atoms with Gasteiger partial charge in [0.2, 0.25) is 5.91 Å². The Hall–Kier alpha value is -1.71. The van der Waals surface area contributed by atoms with Crippen LogP contribution in [0.2, 0.25) is 0 Å². The molecule has 0 unspecified atom stereocenters. The van der Waals surface area contributed by atoms with Crippen LogP contribution in [0, 0.1) is 0 Å². The van der Waals surface area contributed by atoms with Crippen LogP contribution in [0.15, 0.2) is 24.3 Å². The Morgan fingerprint density at radius 3 is 2.58 bits per heavy atom. The number of benzene rings is 1. The Kier molecular flexibility index (Phi) is 5.07. The van der Waals surface area contributed by atoms with Crippen molar-refractivity contribution in [1.82, 2.24) is 4.90 Å². The van der Waals surface area contributed by atoms with Crippen LogP contribution in [-0.4, -0.2) is 37.0 Å². The summed E-state index contributed by atoms with van der Waals surface area (Å²) in [4.78, 5) is 13.8. The molecule has 1 heterocycles. The van der Waals surface area contributed by atoms with Gasteiger partial charge >= 0.3 is 0 Å². The summed E-state index contributed by atoms with van der Waals surface area (Å²) in [5.74, 6) is 1.06. The monoisotopic (exact) mass is 262 g/mol. The molecule has 4 nitrogen and oxygen atoms in total. The van der Waals surface area contributed by atoms with E-state index in [1.165, 1.54) is 0 Å². The number of anilines is 1. The van der Waals surface area contributed by atoms with Gasteiger partial charge in [-0.15, -0.1) is 0 Å². The van der Waals surface area contributed by atoms with Crippen LogP contribution in [0.5, 0.6) is 5.75 Å². The third-order valence-corrected chi connectivity index (χ3v) is 3.23. The zero-order chi connectivity index (χ0) is 13.5. The minimum absolute atomic E-state index is 0.184. The molecule has 1 fully saturated rings. The van der Waals surface area contributed by atoms with Crippen molar-refractivity contribution in [2.24, 2.45) is 0 Å². The lowest BCUT2D eigenvalue weighted by Crippen LogP contribution is -2.32. The number of carbonyl (C=O) groups is 1. The smallest absolute Gasteiger partial charge is 0.241 e. The molecule has 0 atom stereocenters. The van der Waals surface area contributed by atoms with Gasteiger partial charge in [-0.05, 0) is 43.5 Å². The van der Waals surface area contributed by atoms with Crippen molar-refractivity contribution in [3.05, 3.63) is 24.3 Å². The Morgan fingerprint density at radius 1 is 1.26 bits per heavy atom. The first-order chi connectivity index (χ1) is 9.29. The maximum atomic E-state index is 11.9. The predicted molar refractivity (Wildman–Crippen MR) is 76.5 cm³/mol. The fraction of sp³-hybridized carbons (Fsp3) is 0.533. The summed E-state index contributed by atoms with van der Waals surface area (Å²) >= 11 is 0. The van der Waals surface area contributed by atoms with E-state index in [0.29, 0.717) is 6.54 Å². The summed E-state index contributed by atoms with van der Waals surface area (Å²) in [5.41, 5.74) is 0.955. The summed E-state index contributed by atoms with van der Waals surface area (Å²) in [7, 11) is 0. The molecule has 1 saturated heterocycles. The van der Waals surface area contributed by atoms with Gasteiger partial charge in [0.25, 0.3) is 0 Å². The van der Waals surface area contributed by atoms with Gasteiger partial charge in [0.05, 0.1) is 13.2 Å². The number of likely N-dealkylation sites (tertiary alicyclic amines) is 1. The Balaban J connectivity index is 1.77. The van der Waals surface area contributed by atoms with Gasteiger partial charge in [-0.2, -0.15) is 0 Å². The van der Waals surface area contributed by atoms with Crippen molar-refractivity contribution in [3.63, 3.8) is 0 Å². The summed E-state index contributed by atoms with van der Waals surface area (Å²) in [6.07, 6.45) is 3.27. The molecular weight excluding hydrogens is 240 g/mol. The average Bonchev–Trinajstić information content (AvgIpc) is 2.98. The highest BCUT2D eigenvalue weighted by Crippen LogP contribution is 2.16. The lowest BCUT2D eigenvalue weighted by Gasteiger charge is -2.16. The molecule has 0 aromatic heterocycles. The number of nitrogens with zero attached hydrogens (tertiary/aromatic N) is 1. The largest absolute Gasteiger partial charge is 0.494 e. The van der Waals surface area contributed by atoms with Crippen LogP contribution < -0.4 is 10.1 Å². The number of amides is 1. The maximum absolute atomic E-state index is 11.9. The van der Waals surface area contributed by atoms with Crippen molar-refractivity contribution in [2.45, 2.75) is 26.2 Å². The molecule has 19 heavy (non-hydrogen) atoms. The van der Waals surface area contributed by atoms with Crippen LogP contribution in [0.25, 0.3) is 0 Å². The second-order valence-corrected chi connectivity index (χ2v) is 4.81. The van der Waals surface area contributed by atoms with E-state index in [9.17, 15) is 4.79 Å². The van der Waals surface area contributed by atoms with E-state index in [1.807, 2.05) is 29.2 Å². The van der Waals surface area contributed by atoms with Crippen LogP contribution in [0.1, 0.15) is 26.2 Å². The van der Waals surface area contributed by atoms with Gasteiger partial charge < -0.3 is 15.0 Å². The molecule has 0 saturated carbocycles. The zero-order valence-electron chi connectivity index (χ0n) is 11.5. The van der Waals surface area contributed by atoms with Gasteiger partial charge in [-0.3, -0.25) is 4.79 Å². The number of carbonyl (C=O) groups excluding carboxylic acids is 1.